The summed E-state index contributed by atoms with van der Waals surface area (Å²) in [6, 6.07) is 15.5. The number of hydrogen-bond donors (Lipinski definition) is 1. The van der Waals surface area contributed by atoms with Crippen LogP contribution in [-0.2, 0) is 21.2 Å². The Morgan fingerprint density at radius 3 is 2.39 bits per heavy atom. The van der Waals surface area contributed by atoms with Crippen LogP contribution in [0.5, 0.6) is 0 Å². The molecule has 0 spiro atoms. The van der Waals surface area contributed by atoms with E-state index >= 15 is 0 Å². The predicted molar refractivity (Wildman–Crippen MR) is 114 cm³/mol. The number of hydrogen-bond acceptors (Lipinski definition) is 6. The average Bonchev–Trinajstić information content (AvgIpc) is 3.50. The summed E-state index contributed by atoms with van der Waals surface area (Å²) >= 11 is 0. The van der Waals surface area contributed by atoms with Crippen LogP contribution in [0.3, 0.4) is 0 Å². The zero-order valence-electron chi connectivity index (χ0n) is 17.0. The van der Waals surface area contributed by atoms with E-state index < -0.39 is 16.1 Å². The van der Waals surface area contributed by atoms with Gasteiger partial charge in [-0.25, -0.2) is 13.1 Å². The Morgan fingerprint density at radius 1 is 1.03 bits per heavy atom. The van der Waals surface area contributed by atoms with Crippen LogP contribution in [0.15, 0.2) is 65.8 Å². The second-order valence-electron chi connectivity index (χ2n) is 7.40. The minimum absolute atomic E-state index is 0.216. The van der Waals surface area contributed by atoms with E-state index in [0.29, 0.717) is 31.0 Å². The molecule has 1 saturated heterocycles. The first-order valence-electron chi connectivity index (χ1n) is 10.2. The third kappa shape index (κ3) is 4.80. The zero-order valence-corrected chi connectivity index (χ0v) is 17.8. The first-order valence-corrected chi connectivity index (χ1v) is 11.6. The Balaban J connectivity index is 1.37. The summed E-state index contributed by atoms with van der Waals surface area (Å²) < 4.78 is 28.2. The number of carbonyl (C=O) groups excluding carboxylic acids is 1. The van der Waals surface area contributed by atoms with Gasteiger partial charge in [-0.1, -0.05) is 42.5 Å². The molecule has 162 valence electrons. The number of tetrazole rings is 1. The van der Waals surface area contributed by atoms with Crippen molar-refractivity contribution in [2.45, 2.75) is 30.2 Å². The number of rotatable bonds is 8. The average molecular weight is 441 g/mol. The maximum Gasteiger partial charge on any atom is 0.249 e. The van der Waals surface area contributed by atoms with Crippen molar-refractivity contribution in [2.24, 2.45) is 0 Å². The van der Waals surface area contributed by atoms with Gasteiger partial charge in [-0.2, -0.15) is 4.31 Å². The number of amides is 1. The van der Waals surface area contributed by atoms with E-state index in [1.54, 1.807) is 24.3 Å². The van der Waals surface area contributed by atoms with E-state index in [-0.39, 0.29) is 5.91 Å². The topological polar surface area (TPSA) is 110 Å². The lowest BCUT2D eigenvalue weighted by molar-refractivity contribution is -0.123. The Kier molecular flexibility index (Phi) is 6.38. The van der Waals surface area contributed by atoms with Gasteiger partial charge in [-0.3, -0.25) is 4.79 Å². The second-order valence-corrected chi connectivity index (χ2v) is 9.34. The molecule has 1 aliphatic heterocycles. The van der Waals surface area contributed by atoms with E-state index in [4.69, 9.17) is 0 Å². The quantitative estimate of drug-likeness (QED) is 0.567. The molecule has 1 atom stereocenters. The molecule has 9 nitrogen and oxygen atoms in total. The molecule has 10 heteroatoms. The van der Waals surface area contributed by atoms with Gasteiger partial charge < -0.3 is 5.32 Å². The fourth-order valence-electron chi connectivity index (χ4n) is 3.68. The fraction of sp³-hybridized carbons (Fsp3) is 0.333. The van der Waals surface area contributed by atoms with Crippen molar-refractivity contribution in [1.82, 2.24) is 29.8 Å². The third-order valence-corrected chi connectivity index (χ3v) is 7.24. The molecular weight excluding hydrogens is 416 g/mol. The van der Waals surface area contributed by atoms with Crippen molar-refractivity contribution in [3.8, 4) is 0 Å². The molecule has 2 aromatic carbocycles. The standard InChI is InChI=1S/C21H24N6O3S/c28-21(20(27-16-23-24-25-27)18-6-2-1-3-7-18)22-13-12-17-8-10-19(11-9-17)31(29,30)26-14-4-5-15-26/h1-3,6-11,16,20H,4-5,12-15H2,(H,22,28)/t20-/m0/s1. The second kappa shape index (κ2) is 9.36. The van der Waals surface area contributed by atoms with Gasteiger partial charge in [0.15, 0.2) is 6.04 Å². The summed E-state index contributed by atoms with van der Waals surface area (Å²) in [7, 11) is -3.41. The highest BCUT2D eigenvalue weighted by molar-refractivity contribution is 7.89. The number of sulfonamides is 1. The van der Waals surface area contributed by atoms with Crippen molar-refractivity contribution >= 4 is 15.9 Å². The summed E-state index contributed by atoms with van der Waals surface area (Å²) in [5.74, 6) is -0.216. The van der Waals surface area contributed by atoms with Gasteiger partial charge in [0, 0.05) is 19.6 Å². The molecule has 3 aromatic rings. The monoisotopic (exact) mass is 440 g/mol. The van der Waals surface area contributed by atoms with Gasteiger partial charge >= 0.3 is 0 Å². The molecule has 1 fully saturated rings. The molecule has 0 bridgehead atoms. The number of benzene rings is 2. The van der Waals surface area contributed by atoms with Crippen molar-refractivity contribution < 1.29 is 13.2 Å². The molecule has 4 rings (SSSR count). The van der Waals surface area contributed by atoms with Crippen LogP contribution in [0, 0.1) is 0 Å². The van der Waals surface area contributed by atoms with Crippen LogP contribution in [-0.4, -0.2) is 58.5 Å². The molecule has 0 radical (unpaired) electrons. The highest BCUT2D eigenvalue weighted by Crippen LogP contribution is 2.21. The zero-order chi connectivity index (χ0) is 21.7. The van der Waals surface area contributed by atoms with Crippen molar-refractivity contribution in [1.29, 1.82) is 0 Å². The first kappa shape index (κ1) is 21.1. The Morgan fingerprint density at radius 2 is 1.74 bits per heavy atom. The Labute approximate surface area is 181 Å². The molecule has 0 aliphatic carbocycles. The number of aromatic nitrogens is 4. The molecule has 1 aliphatic rings. The molecule has 1 amide bonds. The van der Waals surface area contributed by atoms with E-state index in [2.05, 4.69) is 20.8 Å². The van der Waals surface area contributed by atoms with Crippen LogP contribution in [0.25, 0.3) is 0 Å². The van der Waals surface area contributed by atoms with Crippen LogP contribution in [0.2, 0.25) is 0 Å². The minimum atomic E-state index is -3.41. The molecule has 2 heterocycles. The van der Waals surface area contributed by atoms with E-state index in [0.717, 1.165) is 24.0 Å². The van der Waals surface area contributed by atoms with E-state index in [1.807, 2.05) is 30.3 Å². The molecule has 1 N–H and O–H groups in total. The van der Waals surface area contributed by atoms with Gasteiger partial charge in [-0.05, 0) is 52.9 Å². The molecule has 0 saturated carbocycles. The lowest BCUT2D eigenvalue weighted by Crippen LogP contribution is -2.34. The number of nitrogens with one attached hydrogen (secondary N) is 1. The molecule has 0 unspecified atom stereocenters. The smallest absolute Gasteiger partial charge is 0.249 e. The van der Waals surface area contributed by atoms with Gasteiger partial charge in [0.2, 0.25) is 15.9 Å². The summed E-state index contributed by atoms with van der Waals surface area (Å²) in [4.78, 5) is 13.2. The maximum absolute atomic E-state index is 12.9. The normalized spacial score (nSPS) is 15.6. The fourth-order valence-corrected chi connectivity index (χ4v) is 5.20. The summed E-state index contributed by atoms with van der Waals surface area (Å²) in [5.41, 5.74) is 1.73. The maximum atomic E-state index is 12.9. The van der Waals surface area contributed by atoms with Crippen molar-refractivity contribution in [3.63, 3.8) is 0 Å². The first-order chi connectivity index (χ1) is 15.1. The van der Waals surface area contributed by atoms with E-state index in [9.17, 15) is 13.2 Å². The van der Waals surface area contributed by atoms with Crippen LogP contribution >= 0.6 is 0 Å². The van der Waals surface area contributed by atoms with Gasteiger partial charge in [0.05, 0.1) is 4.90 Å². The molecule has 1 aromatic heterocycles. The van der Waals surface area contributed by atoms with Gasteiger partial charge in [-0.15, -0.1) is 5.10 Å². The van der Waals surface area contributed by atoms with Crippen molar-refractivity contribution in [3.05, 3.63) is 72.1 Å². The lowest BCUT2D eigenvalue weighted by Gasteiger charge is -2.17. The van der Waals surface area contributed by atoms with Crippen LogP contribution in [0.4, 0.5) is 0 Å². The highest BCUT2D eigenvalue weighted by atomic mass is 32.2. The SMILES string of the molecule is O=C(NCCc1ccc(S(=O)(=O)N2CCCC2)cc1)[C@H](c1ccccc1)n1cnnn1. The highest BCUT2D eigenvalue weighted by Gasteiger charge is 2.27. The van der Waals surface area contributed by atoms with Crippen LogP contribution < -0.4 is 5.32 Å². The van der Waals surface area contributed by atoms with Gasteiger partial charge in [0.1, 0.15) is 6.33 Å². The third-order valence-electron chi connectivity index (χ3n) is 5.33. The molecule has 31 heavy (non-hydrogen) atoms. The Hall–Kier alpha value is -3.11. The molecular formula is C21H24N6O3S. The number of carbonyl (C=O) groups is 1. The summed E-state index contributed by atoms with van der Waals surface area (Å²) in [5, 5.41) is 14.1. The Bertz CT molecular complexity index is 1100. The number of nitrogens with zero attached hydrogens (tertiary/aromatic N) is 5. The van der Waals surface area contributed by atoms with Crippen molar-refractivity contribution in [2.75, 3.05) is 19.6 Å². The predicted octanol–water partition coefficient (Wildman–Crippen LogP) is 1.41. The van der Waals surface area contributed by atoms with Crippen LogP contribution in [0.1, 0.15) is 30.0 Å². The summed E-state index contributed by atoms with van der Waals surface area (Å²) in [6.45, 7) is 1.57. The minimum Gasteiger partial charge on any atom is -0.354 e. The van der Waals surface area contributed by atoms with E-state index in [1.165, 1.54) is 15.3 Å². The lowest BCUT2D eigenvalue weighted by atomic mass is 10.1. The summed E-state index contributed by atoms with van der Waals surface area (Å²) in [6.07, 6.45) is 3.81. The van der Waals surface area contributed by atoms with Gasteiger partial charge in [0.25, 0.3) is 0 Å². The largest absolute Gasteiger partial charge is 0.354 e.